The minimum Gasteiger partial charge on any atom is -0.391 e. The molecule has 3 heterocycles. The van der Waals surface area contributed by atoms with Crippen molar-refractivity contribution in [3.8, 4) is 0 Å². The first kappa shape index (κ1) is 41.6. The van der Waals surface area contributed by atoms with Gasteiger partial charge in [0.25, 0.3) is 0 Å². The Hall–Kier alpha value is 1.23. The monoisotopic (exact) mass is 820 g/mol. The van der Waals surface area contributed by atoms with Gasteiger partial charge in [0, 0.05) is 28.4 Å². The largest absolute Gasteiger partial charge is 0.391 e. The van der Waals surface area contributed by atoms with Crippen molar-refractivity contribution in [2.75, 3.05) is 26.4 Å². The van der Waals surface area contributed by atoms with Gasteiger partial charge < -0.3 is 47.1 Å². The molecule has 0 saturated carbocycles. The zero-order valence-corrected chi connectivity index (χ0v) is 32.6. The van der Waals surface area contributed by atoms with Gasteiger partial charge >= 0.3 is 0 Å². The van der Waals surface area contributed by atoms with Gasteiger partial charge in [-0.15, -0.1) is 6.58 Å². The minimum atomic E-state index is -1.41. The summed E-state index contributed by atoms with van der Waals surface area (Å²) < 4.78 is 126. The summed E-state index contributed by atoms with van der Waals surface area (Å²) in [6, 6.07) is 0. The van der Waals surface area contributed by atoms with Crippen LogP contribution in [-0.4, -0.2) is 121 Å². The highest BCUT2D eigenvalue weighted by molar-refractivity contribution is 7.30. The van der Waals surface area contributed by atoms with Gasteiger partial charge in [0.15, 0.2) is 69.6 Å². The van der Waals surface area contributed by atoms with Crippen molar-refractivity contribution in [1.29, 1.82) is 0 Å². The van der Waals surface area contributed by atoms with Crippen molar-refractivity contribution < 1.29 is 74.5 Å². The molecule has 0 amide bonds. The highest BCUT2D eigenvalue weighted by Crippen LogP contribution is 2.44. The SMILES string of the molecule is C=CCO[C@@H]1OC(COP)[C@@H](O[C@@H]2OC(COP)[C@H](O[C@H]3OC(COP)[C@H](P=O)[C@H](O)C3P=O)[C@H](P=O)C2P=O)[C@H](P=O)C1P=O. The second-order valence-corrected chi connectivity index (χ2v) is 15.9. The lowest BCUT2D eigenvalue weighted by molar-refractivity contribution is -0.304. The fraction of sp³-hybridized carbons (Fsp3) is 0.905. The van der Waals surface area contributed by atoms with Gasteiger partial charge in [0.2, 0.25) is 0 Å². The Morgan fingerprint density at radius 2 is 0.978 bits per heavy atom. The van der Waals surface area contributed by atoms with Crippen LogP contribution in [0.25, 0.3) is 0 Å². The Balaban J connectivity index is 1.93. The standard InChI is InChI=1S/C21H33O16P9/c1-2-3-29-19-17(45-27)15(43-25)11(7(33-19)4-30-38)37-21-18(46-28)16(44-26)12(8(34-21)5-31-39)36-20-14(42-24)10(22)13(41-23)9(35-20)6-32-40/h2,7-22H,1,3-6,38-40H2/t7?,8?,9?,10-,11+,12-,13-,14?,15-,16-,17?,18?,19+,20+,21-/m0/s1. The summed E-state index contributed by atoms with van der Waals surface area (Å²) in [5.74, 6) is 0. The number of aliphatic hydroxyl groups excluding tert-OH is 1. The van der Waals surface area contributed by atoms with E-state index in [1.807, 2.05) is 18.9 Å². The van der Waals surface area contributed by atoms with Gasteiger partial charge in [0.05, 0.1) is 49.5 Å². The smallest absolute Gasteiger partial charge is 0.174 e. The van der Waals surface area contributed by atoms with Crippen LogP contribution in [-0.2, 0) is 69.4 Å². The van der Waals surface area contributed by atoms with Crippen LogP contribution in [0.2, 0.25) is 0 Å². The predicted molar refractivity (Wildman–Crippen MR) is 173 cm³/mol. The van der Waals surface area contributed by atoms with Crippen molar-refractivity contribution in [2.45, 2.75) is 89.4 Å². The van der Waals surface area contributed by atoms with E-state index in [1.165, 1.54) is 6.08 Å². The first-order valence-electron chi connectivity index (χ1n) is 13.4. The lowest BCUT2D eigenvalue weighted by atomic mass is 10.0. The van der Waals surface area contributed by atoms with Gasteiger partial charge in [-0.25, -0.2) is 0 Å². The van der Waals surface area contributed by atoms with Crippen molar-refractivity contribution in [1.82, 2.24) is 0 Å². The average molecular weight is 820 g/mol. The molecule has 0 aromatic heterocycles. The van der Waals surface area contributed by atoms with Crippen LogP contribution >= 0.6 is 79.2 Å². The van der Waals surface area contributed by atoms with Gasteiger partial charge in [-0.3, -0.25) is 27.4 Å². The fourth-order valence-electron chi connectivity index (χ4n) is 5.30. The first-order chi connectivity index (χ1) is 22.3. The molecule has 9 unspecified atom stereocenters. The number of rotatable bonds is 19. The van der Waals surface area contributed by atoms with Crippen LogP contribution in [0, 0.1) is 0 Å². The normalized spacial score (nSPS) is 42.2. The first-order valence-corrected chi connectivity index (χ1v) is 20.1. The molecule has 0 spiro atoms. The third kappa shape index (κ3) is 9.97. The Labute approximate surface area is 281 Å². The van der Waals surface area contributed by atoms with Gasteiger partial charge in [-0.2, -0.15) is 0 Å². The lowest BCUT2D eigenvalue weighted by Gasteiger charge is -2.48. The van der Waals surface area contributed by atoms with Crippen molar-refractivity contribution in [2.24, 2.45) is 0 Å². The van der Waals surface area contributed by atoms with Gasteiger partial charge in [-0.05, 0) is 0 Å². The third-order valence-corrected chi connectivity index (χ3v) is 13.5. The second kappa shape index (κ2) is 21.6. The molecule has 25 heteroatoms. The molecule has 0 bridgehead atoms. The zero-order chi connectivity index (χ0) is 33.8. The molecule has 3 rings (SSSR count). The number of ether oxygens (including phenoxy) is 6. The Kier molecular flexibility index (Phi) is 19.5. The molecular weight excluding hydrogens is 787 g/mol. The highest BCUT2D eigenvalue weighted by atomic mass is 31.1. The Morgan fingerprint density at radius 1 is 0.587 bits per heavy atom. The summed E-state index contributed by atoms with van der Waals surface area (Å²) >= 11 is 0. The summed E-state index contributed by atoms with van der Waals surface area (Å²) in [5.41, 5.74) is -6.44. The van der Waals surface area contributed by atoms with E-state index in [0.717, 1.165) is 0 Å². The van der Waals surface area contributed by atoms with Gasteiger partial charge in [0.1, 0.15) is 47.5 Å². The molecule has 0 aliphatic carbocycles. The van der Waals surface area contributed by atoms with E-state index < -0.39 is 140 Å². The summed E-state index contributed by atoms with van der Waals surface area (Å²) in [4.78, 5) is 0. The quantitative estimate of drug-likeness (QED) is 0.145. The maximum atomic E-state index is 12.7. The van der Waals surface area contributed by atoms with Gasteiger partial charge in [-0.1, -0.05) is 6.08 Å². The number of hydrogen-bond acceptors (Lipinski definition) is 16. The molecule has 3 aliphatic heterocycles. The van der Waals surface area contributed by atoms with Crippen molar-refractivity contribution in [3.63, 3.8) is 0 Å². The zero-order valence-electron chi connectivity index (χ0n) is 23.8. The molecule has 16 nitrogen and oxygen atoms in total. The van der Waals surface area contributed by atoms with Crippen LogP contribution in [0.1, 0.15) is 0 Å². The minimum absolute atomic E-state index is 0.0567. The Bertz CT molecular complexity index is 1050. The van der Waals surface area contributed by atoms with E-state index in [0.29, 0.717) is 0 Å². The predicted octanol–water partition coefficient (Wildman–Crippen LogP) is 3.88. The van der Waals surface area contributed by atoms with Crippen molar-refractivity contribution >= 4 is 79.2 Å². The van der Waals surface area contributed by atoms with Crippen molar-refractivity contribution in [3.05, 3.63) is 12.7 Å². The Morgan fingerprint density at radius 3 is 1.41 bits per heavy atom. The molecule has 3 saturated heterocycles. The second-order valence-electron chi connectivity index (χ2n) is 10.0. The molecule has 1 N–H and O–H groups in total. The summed E-state index contributed by atoms with van der Waals surface area (Å²) in [5, 5.41) is 10.8. The average Bonchev–Trinajstić information content (AvgIpc) is 3.05. The van der Waals surface area contributed by atoms with E-state index >= 15 is 0 Å². The summed E-state index contributed by atoms with van der Waals surface area (Å²) in [6.07, 6.45) is -9.04. The molecule has 0 radical (unpaired) electrons. The summed E-state index contributed by atoms with van der Waals surface area (Å²) in [6.45, 7) is 3.24. The lowest BCUT2D eigenvalue weighted by Crippen LogP contribution is -2.63. The van der Waals surface area contributed by atoms with E-state index in [-0.39, 0.29) is 26.4 Å². The molecule has 18 atom stereocenters. The third-order valence-electron chi connectivity index (χ3n) is 7.42. The highest BCUT2D eigenvalue weighted by Gasteiger charge is 2.56. The summed E-state index contributed by atoms with van der Waals surface area (Å²) in [7, 11) is 3.02. The molecule has 3 fully saturated rings. The molecular formula is C21H33O16P9. The van der Waals surface area contributed by atoms with E-state index in [9.17, 15) is 32.5 Å². The van der Waals surface area contributed by atoms with E-state index in [2.05, 4.69) is 16.0 Å². The number of hydrogen-bond donors (Lipinski definition) is 1. The number of aliphatic hydroxyl groups is 1. The molecule has 258 valence electrons. The van der Waals surface area contributed by atoms with Crippen LogP contribution in [0.4, 0.5) is 0 Å². The maximum absolute atomic E-state index is 12.7. The van der Waals surface area contributed by atoms with Crippen LogP contribution < -0.4 is 0 Å². The molecule has 46 heavy (non-hydrogen) atoms. The van der Waals surface area contributed by atoms with Crippen LogP contribution in [0.15, 0.2) is 12.7 Å². The molecule has 0 aromatic rings. The topological polar surface area (TPSA) is 206 Å². The maximum Gasteiger partial charge on any atom is 0.174 e. The van der Waals surface area contributed by atoms with E-state index in [1.54, 1.807) is 0 Å². The van der Waals surface area contributed by atoms with Crippen LogP contribution in [0.5, 0.6) is 0 Å². The molecule has 3 aliphatic rings. The van der Waals surface area contributed by atoms with Crippen LogP contribution in [0.3, 0.4) is 0 Å². The van der Waals surface area contributed by atoms with E-state index in [4.69, 9.17) is 42.0 Å². The fourth-order valence-corrected chi connectivity index (χ4v) is 10.2. The molecule has 0 aromatic carbocycles.